The summed E-state index contributed by atoms with van der Waals surface area (Å²) in [5, 5.41) is 5.37. The Morgan fingerprint density at radius 3 is 2.36 bits per heavy atom. The van der Waals surface area contributed by atoms with Crippen molar-refractivity contribution in [1.82, 2.24) is 10.6 Å². The van der Waals surface area contributed by atoms with Gasteiger partial charge in [0.1, 0.15) is 11.6 Å². The molecule has 6 heteroatoms. The Balaban J connectivity index is 2.11. The van der Waals surface area contributed by atoms with Crippen molar-refractivity contribution in [1.29, 1.82) is 0 Å². The molecule has 0 aliphatic carbocycles. The van der Waals surface area contributed by atoms with Crippen LogP contribution in [0.5, 0.6) is 0 Å². The van der Waals surface area contributed by atoms with Gasteiger partial charge >= 0.3 is 0 Å². The minimum absolute atomic E-state index is 0.106. The number of carbonyl (C=O) groups is 2. The molecule has 2 N–H and O–H groups in total. The van der Waals surface area contributed by atoms with Crippen LogP contribution >= 0.6 is 0 Å². The van der Waals surface area contributed by atoms with Gasteiger partial charge in [-0.15, -0.1) is 0 Å². The van der Waals surface area contributed by atoms with Gasteiger partial charge in [-0.1, -0.05) is 24.3 Å². The van der Waals surface area contributed by atoms with Gasteiger partial charge in [0, 0.05) is 19.9 Å². The number of amides is 2. The molecule has 0 radical (unpaired) electrons. The van der Waals surface area contributed by atoms with Crippen molar-refractivity contribution in [3.8, 4) is 0 Å². The van der Waals surface area contributed by atoms with Crippen molar-refractivity contribution in [3.63, 3.8) is 0 Å². The van der Waals surface area contributed by atoms with Crippen molar-refractivity contribution in [2.45, 2.75) is 25.8 Å². The monoisotopic (exact) mass is 346 g/mol. The highest BCUT2D eigenvalue weighted by atomic mass is 19.1. The van der Waals surface area contributed by atoms with Gasteiger partial charge in [0.05, 0.1) is 6.04 Å². The van der Waals surface area contributed by atoms with Crippen molar-refractivity contribution >= 4 is 11.8 Å². The molecule has 2 rings (SSSR count). The maximum Gasteiger partial charge on any atom is 0.222 e. The van der Waals surface area contributed by atoms with Gasteiger partial charge < -0.3 is 10.6 Å². The van der Waals surface area contributed by atoms with Gasteiger partial charge in [-0.05, 0) is 41.8 Å². The zero-order valence-electron chi connectivity index (χ0n) is 13.9. The first-order valence-corrected chi connectivity index (χ1v) is 7.98. The van der Waals surface area contributed by atoms with E-state index in [2.05, 4.69) is 10.6 Å². The second-order valence-electron chi connectivity index (χ2n) is 5.74. The zero-order chi connectivity index (χ0) is 18.2. The van der Waals surface area contributed by atoms with Crippen LogP contribution in [-0.4, -0.2) is 18.4 Å². The lowest BCUT2D eigenvalue weighted by molar-refractivity contribution is -0.122. The second-order valence-corrected chi connectivity index (χ2v) is 5.74. The molecule has 2 amide bonds. The quantitative estimate of drug-likeness (QED) is 0.810. The molecule has 0 saturated heterocycles. The maximum absolute atomic E-state index is 13.5. The van der Waals surface area contributed by atoms with Crippen LogP contribution in [-0.2, 0) is 16.0 Å². The van der Waals surface area contributed by atoms with Crippen LogP contribution in [0.1, 0.15) is 30.5 Å². The molecule has 2 aromatic carbocycles. The fraction of sp³-hybridized carbons (Fsp3) is 0.263. The molecule has 4 nitrogen and oxygen atoms in total. The summed E-state index contributed by atoms with van der Waals surface area (Å²) in [6.07, 6.45) is 0.432. The molecule has 0 aliphatic rings. The van der Waals surface area contributed by atoms with Gasteiger partial charge in [-0.3, -0.25) is 9.59 Å². The number of benzene rings is 2. The van der Waals surface area contributed by atoms with Crippen molar-refractivity contribution in [3.05, 3.63) is 71.3 Å². The Hall–Kier alpha value is -2.76. The van der Waals surface area contributed by atoms with Gasteiger partial charge in [0.25, 0.3) is 0 Å². The lowest BCUT2D eigenvalue weighted by atomic mass is 9.98. The fourth-order valence-corrected chi connectivity index (χ4v) is 2.49. The molecule has 2 aromatic rings. The number of nitrogens with one attached hydrogen (secondary N) is 2. The fourth-order valence-electron chi connectivity index (χ4n) is 2.49. The molecule has 0 aliphatic heterocycles. The van der Waals surface area contributed by atoms with E-state index in [-0.39, 0.29) is 30.6 Å². The van der Waals surface area contributed by atoms with Crippen LogP contribution in [0.3, 0.4) is 0 Å². The molecule has 0 fully saturated rings. The predicted molar refractivity (Wildman–Crippen MR) is 90.7 cm³/mol. The van der Waals surface area contributed by atoms with E-state index >= 15 is 0 Å². The van der Waals surface area contributed by atoms with E-state index < -0.39 is 11.9 Å². The second kappa shape index (κ2) is 8.92. The van der Waals surface area contributed by atoms with Crippen LogP contribution in [0.4, 0.5) is 8.78 Å². The standard InChI is InChI=1S/C19H20F2N2O2/c1-13(24)22-9-8-19(25)23-18(15-5-3-7-17(21)12-15)11-14-4-2-6-16(20)10-14/h2-7,10,12,18H,8-9,11H2,1H3,(H,22,24)(H,23,25)/t18-/m1/s1. The van der Waals surface area contributed by atoms with E-state index in [4.69, 9.17) is 0 Å². The highest BCUT2D eigenvalue weighted by Crippen LogP contribution is 2.20. The topological polar surface area (TPSA) is 58.2 Å². The molecular weight excluding hydrogens is 326 g/mol. The summed E-state index contributed by atoms with van der Waals surface area (Å²) in [6, 6.07) is 11.5. The van der Waals surface area contributed by atoms with Crippen molar-refractivity contribution < 1.29 is 18.4 Å². The number of rotatable bonds is 7. The SMILES string of the molecule is CC(=O)NCCC(=O)N[C@H](Cc1cccc(F)c1)c1cccc(F)c1. The number of hydrogen-bond acceptors (Lipinski definition) is 2. The minimum Gasteiger partial charge on any atom is -0.356 e. The smallest absolute Gasteiger partial charge is 0.222 e. The molecule has 0 aromatic heterocycles. The third-order valence-corrected chi connectivity index (χ3v) is 3.64. The molecule has 132 valence electrons. The van der Waals surface area contributed by atoms with E-state index in [9.17, 15) is 18.4 Å². The van der Waals surface area contributed by atoms with Crippen LogP contribution in [0.2, 0.25) is 0 Å². The van der Waals surface area contributed by atoms with Crippen molar-refractivity contribution in [2.75, 3.05) is 6.54 Å². The first-order valence-electron chi connectivity index (χ1n) is 7.98. The molecule has 1 atom stereocenters. The summed E-state index contributed by atoms with van der Waals surface area (Å²) in [6.45, 7) is 1.59. The van der Waals surface area contributed by atoms with E-state index in [1.54, 1.807) is 24.3 Å². The van der Waals surface area contributed by atoms with E-state index in [0.717, 1.165) is 0 Å². The van der Waals surface area contributed by atoms with Gasteiger partial charge in [-0.2, -0.15) is 0 Å². The normalized spacial score (nSPS) is 11.6. The first kappa shape index (κ1) is 18.6. The maximum atomic E-state index is 13.5. The Morgan fingerprint density at radius 1 is 1.04 bits per heavy atom. The Bertz CT molecular complexity index is 750. The van der Waals surface area contributed by atoms with Gasteiger partial charge in [0.15, 0.2) is 0 Å². The number of hydrogen-bond donors (Lipinski definition) is 2. The van der Waals surface area contributed by atoms with Crippen LogP contribution < -0.4 is 10.6 Å². The minimum atomic E-state index is -0.498. The predicted octanol–water partition coefficient (Wildman–Crippen LogP) is 2.89. The number of halogens is 2. The third kappa shape index (κ3) is 6.33. The molecule has 0 bridgehead atoms. The molecule has 0 unspecified atom stereocenters. The highest BCUT2D eigenvalue weighted by Gasteiger charge is 2.16. The van der Waals surface area contributed by atoms with Crippen LogP contribution in [0.25, 0.3) is 0 Å². The van der Waals surface area contributed by atoms with E-state index in [1.165, 1.54) is 31.2 Å². The highest BCUT2D eigenvalue weighted by molar-refractivity contribution is 5.78. The average Bonchev–Trinajstić information content (AvgIpc) is 2.54. The summed E-state index contributed by atoms with van der Waals surface area (Å²) in [7, 11) is 0. The van der Waals surface area contributed by atoms with Crippen LogP contribution in [0, 0.1) is 11.6 Å². The largest absolute Gasteiger partial charge is 0.356 e. The van der Waals surface area contributed by atoms with E-state index in [0.29, 0.717) is 17.5 Å². The molecular formula is C19H20F2N2O2. The number of carbonyl (C=O) groups excluding carboxylic acids is 2. The summed E-state index contributed by atoms with van der Waals surface area (Å²) in [5.41, 5.74) is 1.29. The molecule has 0 heterocycles. The summed E-state index contributed by atoms with van der Waals surface area (Å²) in [5.74, 6) is -1.27. The van der Waals surface area contributed by atoms with Gasteiger partial charge in [-0.25, -0.2) is 8.78 Å². The average molecular weight is 346 g/mol. The Labute approximate surface area is 145 Å². The Kier molecular flexibility index (Phi) is 6.62. The third-order valence-electron chi connectivity index (χ3n) is 3.64. The molecule has 25 heavy (non-hydrogen) atoms. The van der Waals surface area contributed by atoms with E-state index in [1.807, 2.05) is 0 Å². The summed E-state index contributed by atoms with van der Waals surface area (Å²) >= 11 is 0. The zero-order valence-corrected chi connectivity index (χ0v) is 13.9. The molecule has 0 spiro atoms. The van der Waals surface area contributed by atoms with Crippen molar-refractivity contribution in [2.24, 2.45) is 0 Å². The molecule has 0 saturated carbocycles. The first-order chi connectivity index (χ1) is 11.9. The summed E-state index contributed by atoms with van der Waals surface area (Å²) in [4.78, 5) is 23.0. The van der Waals surface area contributed by atoms with Gasteiger partial charge in [0.2, 0.25) is 11.8 Å². The lowest BCUT2D eigenvalue weighted by Crippen LogP contribution is -2.33. The Morgan fingerprint density at radius 2 is 1.72 bits per heavy atom. The van der Waals surface area contributed by atoms with Crippen LogP contribution in [0.15, 0.2) is 48.5 Å². The lowest BCUT2D eigenvalue weighted by Gasteiger charge is -2.20. The summed E-state index contributed by atoms with van der Waals surface area (Å²) < 4.78 is 26.9.